The molecular formula is C23H24O3. The van der Waals surface area contributed by atoms with Gasteiger partial charge in [-0.3, -0.25) is 4.79 Å². The molecule has 3 heteroatoms. The second kappa shape index (κ2) is 8.05. The molecule has 0 amide bonds. The van der Waals surface area contributed by atoms with Crippen LogP contribution < -0.4 is 9.47 Å². The summed E-state index contributed by atoms with van der Waals surface area (Å²) >= 11 is 0. The highest BCUT2D eigenvalue weighted by Crippen LogP contribution is 2.26. The van der Waals surface area contributed by atoms with Gasteiger partial charge in [-0.25, -0.2) is 0 Å². The summed E-state index contributed by atoms with van der Waals surface area (Å²) in [7, 11) is 3.32. The second-order valence-electron chi connectivity index (χ2n) is 6.51. The minimum absolute atomic E-state index is 0.111. The maximum Gasteiger partial charge on any atom is 0.140 e. The monoisotopic (exact) mass is 348 g/mol. The lowest BCUT2D eigenvalue weighted by Crippen LogP contribution is -2.10. The summed E-state index contributed by atoms with van der Waals surface area (Å²) in [5.41, 5.74) is 2.21. The molecule has 0 aromatic heterocycles. The highest BCUT2D eigenvalue weighted by Gasteiger charge is 2.15. The molecule has 0 N–H and O–H groups in total. The number of fused-ring (bicyclic) bond motifs is 1. The van der Waals surface area contributed by atoms with Crippen molar-refractivity contribution in [2.24, 2.45) is 0 Å². The van der Waals surface area contributed by atoms with Gasteiger partial charge >= 0.3 is 0 Å². The maximum absolute atomic E-state index is 12.6. The van der Waals surface area contributed by atoms with E-state index in [2.05, 4.69) is 12.1 Å². The minimum Gasteiger partial charge on any atom is -0.497 e. The van der Waals surface area contributed by atoms with Crippen LogP contribution in [0, 0.1) is 0 Å². The molecule has 0 aliphatic carbocycles. The summed E-state index contributed by atoms with van der Waals surface area (Å²) in [4.78, 5) is 12.6. The summed E-state index contributed by atoms with van der Waals surface area (Å²) in [6, 6.07) is 20.1. The number of hydrogen-bond donors (Lipinski definition) is 0. The zero-order valence-corrected chi connectivity index (χ0v) is 15.5. The van der Waals surface area contributed by atoms with Crippen LogP contribution in [0.3, 0.4) is 0 Å². The Balaban J connectivity index is 1.68. The highest BCUT2D eigenvalue weighted by atomic mass is 16.5. The minimum atomic E-state index is -0.111. The molecule has 134 valence electrons. The smallest absolute Gasteiger partial charge is 0.140 e. The van der Waals surface area contributed by atoms with Gasteiger partial charge in [-0.15, -0.1) is 0 Å². The lowest BCUT2D eigenvalue weighted by Gasteiger charge is -2.12. The number of benzene rings is 3. The summed E-state index contributed by atoms with van der Waals surface area (Å²) in [5.74, 6) is 1.82. The molecule has 0 saturated heterocycles. The predicted octanol–water partition coefficient (Wildman–Crippen LogP) is 5.16. The normalized spacial score (nSPS) is 12.0. The molecule has 0 radical (unpaired) electrons. The number of rotatable bonds is 7. The Kier molecular flexibility index (Phi) is 5.57. The van der Waals surface area contributed by atoms with E-state index in [-0.39, 0.29) is 11.7 Å². The van der Waals surface area contributed by atoms with Crippen molar-refractivity contribution in [3.8, 4) is 11.5 Å². The molecule has 3 aromatic rings. The average Bonchev–Trinajstić information content (AvgIpc) is 2.70. The molecule has 0 spiro atoms. The lowest BCUT2D eigenvalue weighted by atomic mass is 9.91. The Morgan fingerprint density at radius 2 is 1.46 bits per heavy atom. The summed E-state index contributed by atoms with van der Waals surface area (Å²) in [6.07, 6.45) is 1.28. The van der Waals surface area contributed by atoms with Crippen molar-refractivity contribution in [3.63, 3.8) is 0 Å². The second-order valence-corrected chi connectivity index (χ2v) is 6.51. The van der Waals surface area contributed by atoms with Gasteiger partial charge in [0.25, 0.3) is 0 Å². The molecular weight excluding hydrogens is 324 g/mol. The Labute approximate surface area is 154 Å². The van der Waals surface area contributed by atoms with Crippen molar-refractivity contribution < 1.29 is 14.3 Å². The number of carbonyl (C=O) groups is 1. The third kappa shape index (κ3) is 4.05. The third-order valence-electron chi connectivity index (χ3n) is 4.87. The van der Waals surface area contributed by atoms with E-state index in [1.807, 2.05) is 55.5 Å². The van der Waals surface area contributed by atoms with Crippen LogP contribution in [0.1, 0.15) is 30.4 Å². The van der Waals surface area contributed by atoms with E-state index in [1.165, 1.54) is 0 Å². The molecule has 0 unspecified atom stereocenters. The number of carbonyl (C=O) groups excluding carboxylic acids is 1. The van der Waals surface area contributed by atoms with Gasteiger partial charge < -0.3 is 9.47 Å². The SMILES string of the molecule is COc1ccc(CCC(=O)[C@H](C)c2ccc3cc(OC)ccc3c2)cc1. The van der Waals surface area contributed by atoms with Crippen molar-refractivity contribution in [1.82, 2.24) is 0 Å². The van der Waals surface area contributed by atoms with Crippen LogP contribution in [0.15, 0.2) is 60.7 Å². The van der Waals surface area contributed by atoms with E-state index < -0.39 is 0 Å². The van der Waals surface area contributed by atoms with Gasteiger partial charge in [0, 0.05) is 12.3 Å². The first-order valence-corrected chi connectivity index (χ1v) is 8.84. The fraction of sp³-hybridized carbons (Fsp3) is 0.261. The number of aryl methyl sites for hydroxylation is 1. The Bertz CT molecular complexity index is 897. The van der Waals surface area contributed by atoms with Crippen LogP contribution >= 0.6 is 0 Å². The molecule has 0 heterocycles. The van der Waals surface area contributed by atoms with E-state index in [1.54, 1.807) is 14.2 Å². The van der Waals surface area contributed by atoms with Crippen molar-refractivity contribution in [2.45, 2.75) is 25.7 Å². The maximum atomic E-state index is 12.6. The number of Topliss-reactive ketones (excluding diaryl/α,β-unsaturated/α-hetero) is 1. The predicted molar refractivity (Wildman–Crippen MR) is 105 cm³/mol. The average molecular weight is 348 g/mol. The molecule has 0 aliphatic rings. The van der Waals surface area contributed by atoms with Crippen LogP contribution in [-0.4, -0.2) is 20.0 Å². The molecule has 3 rings (SSSR count). The fourth-order valence-electron chi connectivity index (χ4n) is 3.10. The first-order valence-electron chi connectivity index (χ1n) is 8.84. The Morgan fingerprint density at radius 3 is 2.15 bits per heavy atom. The molecule has 1 atom stereocenters. The summed E-state index contributed by atoms with van der Waals surface area (Å²) in [5, 5.41) is 2.24. The van der Waals surface area contributed by atoms with Crippen LogP contribution in [0.25, 0.3) is 10.8 Å². The lowest BCUT2D eigenvalue weighted by molar-refractivity contribution is -0.120. The standard InChI is InChI=1S/C23H24O3/c1-16(23(24)13-6-17-4-10-21(25-2)11-5-17)18-7-8-20-15-22(26-3)12-9-19(20)14-18/h4-5,7-12,14-16H,6,13H2,1-3H3/t16-/m1/s1. The number of ketones is 1. The van der Waals surface area contributed by atoms with Gasteiger partial charge in [0.1, 0.15) is 17.3 Å². The van der Waals surface area contributed by atoms with Gasteiger partial charge in [-0.1, -0.05) is 43.3 Å². The van der Waals surface area contributed by atoms with Crippen molar-refractivity contribution in [2.75, 3.05) is 14.2 Å². The van der Waals surface area contributed by atoms with Crippen LogP contribution in [0.4, 0.5) is 0 Å². The van der Waals surface area contributed by atoms with Crippen LogP contribution in [0.2, 0.25) is 0 Å². The first-order chi connectivity index (χ1) is 12.6. The largest absolute Gasteiger partial charge is 0.497 e. The van der Waals surface area contributed by atoms with Crippen molar-refractivity contribution >= 4 is 16.6 Å². The van der Waals surface area contributed by atoms with E-state index >= 15 is 0 Å². The molecule has 3 aromatic carbocycles. The number of hydrogen-bond acceptors (Lipinski definition) is 3. The van der Waals surface area contributed by atoms with E-state index in [0.717, 1.165) is 39.8 Å². The van der Waals surface area contributed by atoms with E-state index in [0.29, 0.717) is 6.42 Å². The zero-order chi connectivity index (χ0) is 18.5. The number of ether oxygens (including phenoxy) is 2. The van der Waals surface area contributed by atoms with Gasteiger partial charge in [0.05, 0.1) is 14.2 Å². The molecule has 0 aliphatic heterocycles. The third-order valence-corrected chi connectivity index (χ3v) is 4.87. The first kappa shape index (κ1) is 18.0. The number of methoxy groups -OCH3 is 2. The Morgan fingerprint density at radius 1 is 0.846 bits per heavy atom. The fourth-order valence-corrected chi connectivity index (χ4v) is 3.10. The zero-order valence-electron chi connectivity index (χ0n) is 15.5. The van der Waals surface area contributed by atoms with Gasteiger partial charge in [0.15, 0.2) is 0 Å². The molecule has 26 heavy (non-hydrogen) atoms. The molecule has 0 fully saturated rings. The summed E-state index contributed by atoms with van der Waals surface area (Å²) in [6.45, 7) is 1.99. The van der Waals surface area contributed by atoms with Gasteiger partial charge in [0.2, 0.25) is 0 Å². The molecule has 3 nitrogen and oxygen atoms in total. The topological polar surface area (TPSA) is 35.5 Å². The van der Waals surface area contributed by atoms with Gasteiger partial charge in [-0.05, 0) is 52.6 Å². The quantitative estimate of drug-likeness (QED) is 0.591. The Hall–Kier alpha value is -2.81. The molecule has 0 bridgehead atoms. The van der Waals surface area contributed by atoms with E-state index in [9.17, 15) is 4.79 Å². The van der Waals surface area contributed by atoms with Crippen molar-refractivity contribution in [3.05, 3.63) is 71.8 Å². The molecule has 0 saturated carbocycles. The van der Waals surface area contributed by atoms with Crippen LogP contribution in [0.5, 0.6) is 11.5 Å². The van der Waals surface area contributed by atoms with E-state index in [4.69, 9.17) is 9.47 Å². The van der Waals surface area contributed by atoms with Crippen LogP contribution in [-0.2, 0) is 11.2 Å². The highest BCUT2D eigenvalue weighted by molar-refractivity contribution is 5.89. The van der Waals surface area contributed by atoms with Crippen molar-refractivity contribution in [1.29, 1.82) is 0 Å². The van der Waals surface area contributed by atoms with Gasteiger partial charge in [-0.2, -0.15) is 0 Å². The summed E-state index contributed by atoms with van der Waals surface area (Å²) < 4.78 is 10.4.